The van der Waals surface area contributed by atoms with E-state index in [1.165, 1.54) is 18.7 Å². The molecule has 0 bridgehead atoms. The Balaban J connectivity index is 0.00000245. The van der Waals surface area contributed by atoms with E-state index in [1.54, 1.807) is 12.1 Å². The molecule has 2 aromatic heterocycles. The maximum absolute atomic E-state index is 13.0. The molecule has 7 nitrogen and oxygen atoms in total. The third-order valence-electron chi connectivity index (χ3n) is 5.77. The Morgan fingerprint density at radius 3 is 2.69 bits per heavy atom. The molecular weight excluding hydrogens is 453 g/mol. The lowest BCUT2D eigenvalue weighted by Gasteiger charge is -2.11. The summed E-state index contributed by atoms with van der Waals surface area (Å²) in [4.78, 5) is 15.8. The van der Waals surface area contributed by atoms with Gasteiger partial charge in [0.2, 0.25) is 17.4 Å². The highest BCUT2D eigenvalue weighted by Crippen LogP contribution is 2.38. The molecule has 1 aliphatic heterocycles. The molecule has 9 heteroatoms. The molecule has 1 atom stereocenters. The molecule has 0 spiro atoms. The highest BCUT2D eigenvalue weighted by molar-refractivity contribution is 6.34. The van der Waals surface area contributed by atoms with Crippen LogP contribution in [0, 0.1) is 0 Å². The van der Waals surface area contributed by atoms with Gasteiger partial charge in [0.05, 0.1) is 29.3 Å². The number of ketones is 1. The van der Waals surface area contributed by atoms with Crippen LogP contribution in [0.15, 0.2) is 47.0 Å². The predicted octanol–water partition coefficient (Wildman–Crippen LogP) is 4.92. The number of aromatic nitrogens is 2. The minimum absolute atomic E-state index is 0. The summed E-state index contributed by atoms with van der Waals surface area (Å²) >= 11 is 6.54. The van der Waals surface area contributed by atoms with Gasteiger partial charge >= 0.3 is 0 Å². The van der Waals surface area contributed by atoms with Gasteiger partial charge in [-0.3, -0.25) is 4.79 Å². The molecule has 1 unspecified atom stereocenters. The van der Waals surface area contributed by atoms with Gasteiger partial charge in [0, 0.05) is 17.5 Å². The number of H-pyrrole nitrogens is 1. The number of hydrogen-bond acceptors (Lipinski definition) is 6. The van der Waals surface area contributed by atoms with Crippen molar-refractivity contribution in [3.8, 4) is 22.9 Å². The lowest BCUT2D eigenvalue weighted by atomic mass is 9.95. The summed E-state index contributed by atoms with van der Waals surface area (Å²) < 4.78 is 10.0. The highest BCUT2D eigenvalue weighted by atomic mass is 35.5. The second-order valence-corrected chi connectivity index (χ2v) is 8.01. The summed E-state index contributed by atoms with van der Waals surface area (Å²) in [5, 5.41) is 18.5. The molecule has 0 radical (unpaired) electrons. The molecule has 0 aliphatic carbocycles. The van der Waals surface area contributed by atoms with E-state index in [2.05, 4.69) is 27.6 Å². The van der Waals surface area contributed by atoms with Gasteiger partial charge in [-0.2, -0.15) is 0 Å². The number of carbonyl (C=O) groups excluding carboxylic acids is 1. The van der Waals surface area contributed by atoms with E-state index in [0.29, 0.717) is 21.8 Å². The Morgan fingerprint density at radius 2 is 2.03 bits per heavy atom. The van der Waals surface area contributed by atoms with Crippen molar-refractivity contribution in [2.45, 2.75) is 12.3 Å². The monoisotopic (exact) mass is 473 g/mol. The van der Waals surface area contributed by atoms with Crippen molar-refractivity contribution in [3.05, 3.63) is 64.4 Å². The van der Waals surface area contributed by atoms with Crippen LogP contribution in [0.5, 0.6) is 11.8 Å². The zero-order valence-corrected chi connectivity index (χ0v) is 18.7. The molecule has 1 aliphatic rings. The lowest BCUT2D eigenvalue weighted by molar-refractivity contribution is 0.0999. The van der Waals surface area contributed by atoms with E-state index >= 15 is 0 Å². The number of halogens is 2. The van der Waals surface area contributed by atoms with Gasteiger partial charge in [-0.15, -0.1) is 12.4 Å². The van der Waals surface area contributed by atoms with Crippen molar-refractivity contribution in [2.24, 2.45) is 0 Å². The summed E-state index contributed by atoms with van der Waals surface area (Å²) in [6.45, 7) is 2.03. The van der Waals surface area contributed by atoms with Gasteiger partial charge in [0.15, 0.2) is 0 Å². The first-order chi connectivity index (χ1) is 15.0. The minimum Gasteiger partial charge on any atom is -0.494 e. The molecule has 4 aromatic rings. The van der Waals surface area contributed by atoms with Gasteiger partial charge in [-0.1, -0.05) is 35.9 Å². The number of carbonyl (C=O) groups is 1. The molecule has 5 rings (SSSR count). The SMILES string of the molecule is COc1cc(C(=O)c2c(O)[nH]c3cc(Cl)c(-c4ccc(C5CCNC5)cc4)cc23)on1.Cl. The van der Waals surface area contributed by atoms with Crippen molar-refractivity contribution < 1.29 is 19.2 Å². The summed E-state index contributed by atoms with van der Waals surface area (Å²) in [6.07, 6.45) is 1.13. The van der Waals surface area contributed by atoms with E-state index in [0.717, 1.165) is 30.6 Å². The molecular formula is C23H21Cl2N3O4. The molecule has 0 saturated carbocycles. The third-order valence-corrected chi connectivity index (χ3v) is 6.08. The van der Waals surface area contributed by atoms with Crippen LogP contribution in [0.3, 0.4) is 0 Å². The number of nitrogens with zero attached hydrogens (tertiary/aromatic N) is 1. The van der Waals surface area contributed by atoms with Gasteiger partial charge in [0.1, 0.15) is 0 Å². The molecule has 32 heavy (non-hydrogen) atoms. The van der Waals surface area contributed by atoms with Crippen molar-refractivity contribution in [2.75, 3.05) is 20.2 Å². The number of hydrogen-bond donors (Lipinski definition) is 3. The van der Waals surface area contributed by atoms with Crippen LogP contribution in [0.25, 0.3) is 22.0 Å². The van der Waals surface area contributed by atoms with Gasteiger partial charge in [-0.25, -0.2) is 0 Å². The minimum atomic E-state index is -0.503. The number of ether oxygens (including phenoxy) is 1. The first-order valence-electron chi connectivity index (χ1n) is 9.96. The number of nitrogens with one attached hydrogen (secondary N) is 2. The van der Waals surface area contributed by atoms with Crippen LogP contribution in [-0.4, -0.2) is 41.2 Å². The average Bonchev–Trinajstić information content (AvgIpc) is 3.52. The molecule has 3 heterocycles. The fourth-order valence-electron chi connectivity index (χ4n) is 4.11. The topological polar surface area (TPSA) is 100 Å². The van der Waals surface area contributed by atoms with E-state index < -0.39 is 5.78 Å². The van der Waals surface area contributed by atoms with Crippen molar-refractivity contribution >= 4 is 40.7 Å². The van der Waals surface area contributed by atoms with Crippen LogP contribution in [0.4, 0.5) is 0 Å². The summed E-state index contributed by atoms with van der Waals surface area (Å²) in [5.74, 6) is -0.0793. The molecule has 3 N–H and O–H groups in total. The molecule has 1 saturated heterocycles. The number of fused-ring (bicyclic) bond motifs is 1. The van der Waals surface area contributed by atoms with Crippen molar-refractivity contribution in [1.29, 1.82) is 0 Å². The Morgan fingerprint density at radius 1 is 1.25 bits per heavy atom. The smallest absolute Gasteiger partial charge is 0.254 e. The Labute approximate surface area is 195 Å². The third kappa shape index (κ3) is 3.83. The zero-order chi connectivity index (χ0) is 21.5. The Hall–Kier alpha value is -3.00. The number of rotatable bonds is 5. The molecule has 166 valence electrons. The van der Waals surface area contributed by atoms with E-state index in [4.69, 9.17) is 20.9 Å². The van der Waals surface area contributed by atoms with Crippen molar-refractivity contribution in [1.82, 2.24) is 15.5 Å². The normalized spacial score (nSPS) is 15.6. The number of benzene rings is 2. The number of aromatic amines is 1. The van der Waals surface area contributed by atoms with Crippen LogP contribution in [0.2, 0.25) is 5.02 Å². The maximum Gasteiger partial charge on any atom is 0.254 e. The number of methoxy groups -OCH3 is 1. The summed E-state index contributed by atoms with van der Waals surface area (Å²) in [5.41, 5.74) is 3.64. The predicted molar refractivity (Wildman–Crippen MR) is 124 cm³/mol. The van der Waals surface area contributed by atoms with Gasteiger partial charge < -0.3 is 24.7 Å². The fraction of sp³-hybridized carbons (Fsp3) is 0.217. The van der Waals surface area contributed by atoms with E-state index in [1.807, 2.05) is 12.1 Å². The molecule has 0 amide bonds. The fourth-order valence-corrected chi connectivity index (χ4v) is 4.38. The summed E-state index contributed by atoms with van der Waals surface area (Å²) in [7, 11) is 1.43. The van der Waals surface area contributed by atoms with E-state index in [9.17, 15) is 9.90 Å². The lowest BCUT2D eigenvalue weighted by Crippen LogP contribution is -2.07. The van der Waals surface area contributed by atoms with Crippen LogP contribution in [0.1, 0.15) is 34.0 Å². The van der Waals surface area contributed by atoms with E-state index in [-0.39, 0.29) is 35.5 Å². The largest absolute Gasteiger partial charge is 0.494 e. The van der Waals surface area contributed by atoms with Crippen molar-refractivity contribution in [3.63, 3.8) is 0 Å². The average molecular weight is 474 g/mol. The van der Waals surface area contributed by atoms with Gasteiger partial charge in [0.25, 0.3) is 5.88 Å². The molecule has 2 aromatic carbocycles. The first-order valence-corrected chi connectivity index (χ1v) is 10.3. The number of aromatic hydroxyl groups is 1. The summed E-state index contributed by atoms with van der Waals surface area (Å²) in [6, 6.07) is 13.2. The van der Waals surface area contributed by atoms with Gasteiger partial charge in [-0.05, 0) is 47.3 Å². The highest BCUT2D eigenvalue weighted by Gasteiger charge is 2.25. The first kappa shape index (κ1) is 22.2. The van der Waals surface area contributed by atoms with Crippen LogP contribution in [-0.2, 0) is 0 Å². The second kappa shape index (κ2) is 8.86. The Bertz CT molecular complexity index is 1270. The second-order valence-electron chi connectivity index (χ2n) is 7.60. The quantitative estimate of drug-likeness (QED) is 0.355. The Kier molecular flexibility index (Phi) is 6.15. The van der Waals surface area contributed by atoms with Crippen LogP contribution < -0.4 is 10.1 Å². The van der Waals surface area contributed by atoms with Crippen LogP contribution >= 0.6 is 24.0 Å². The molecule has 1 fully saturated rings. The zero-order valence-electron chi connectivity index (χ0n) is 17.1. The standard InChI is InChI=1S/C23H20ClN3O4.ClH/c1-30-20-10-19(31-27-20)22(28)21-16-8-15(17(24)9-18(16)26-23(21)29)13-4-2-12(3-5-13)14-6-7-25-11-14;/h2-5,8-10,14,25-26,29H,6-7,11H2,1H3;1H. The maximum atomic E-state index is 13.0.